The predicted octanol–water partition coefficient (Wildman–Crippen LogP) is 1.15. The molecule has 0 radical (unpaired) electrons. The van der Waals surface area contributed by atoms with Gasteiger partial charge in [-0.25, -0.2) is 0 Å². The summed E-state index contributed by atoms with van der Waals surface area (Å²) in [7, 11) is 0. The van der Waals surface area contributed by atoms with E-state index in [0.717, 1.165) is 19.4 Å². The summed E-state index contributed by atoms with van der Waals surface area (Å²) >= 11 is 0. The molecule has 1 heterocycles. The standard InChI is InChI=1S/C8H17NO/c1-6(2)8-7(9)4-3-5-10-8/h6-8H,3-5,9H2,1-2H3/t7-,8-/m0/s1. The lowest BCUT2D eigenvalue weighted by molar-refractivity contribution is -0.0253. The summed E-state index contributed by atoms with van der Waals surface area (Å²) < 4.78 is 5.53. The molecule has 1 fully saturated rings. The van der Waals surface area contributed by atoms with Crippen molar-refractivity contribution < 1.29 is 4.74 Å². The van der Waals surface area contributed by atoms with Crippen LogP contribution >= 0.6 is 0 Å². The molecule has 2 nitrogen and oxygen atoms in total. The summed E-state index contributed by atoms with van der Waals surface area (Å²) in [6.07, 6.45) is 2.56. The molecule has 0 aromatic rings. The quantitative estimate of drug-likeness (QED) is 0.597. The maximum absolute atomic E-state index is 5.85. The van der Waals surface area contributed by atoms with E-state index in [1.165, 1.54) is 0 Å². The zero-order valence-electron chi connectivity index (χ0n) is 6.84. The Balaban J connectivity index is 2.40. The van der Waals surface area contributed by atoms with Gasteiger partial charge in [0.05, 0.1) is 6.10 Å². The van der Waals surface area contributed by atoms with Gasteiger partial charge in [-0.05, 0) is 18.8 Å². The van der Waals surface area contributed by atoms with E-state index in [1.54, 1.807) is 0 Å². The smallest absolute Gasteiger partial charge is 0.0748 e. The molecule has 0 amide bonds. The first kappa shape index (κ1) is 8.02. The van der Waals surface area contributed by atoms with E-state index in [0.29, 0.717) is 12.0 Å². The highest BCUT2D eigenvalue weighted by Gasteiger charge is 2.24. The van der Waals surface area contributed by atoms with Crippen LogP contribution in [-0.4, -0.2) is 18.8 Å². The van der Waals surface area contributed by atoms with E-state index in [-0.39, 0.29) is 6.04 Å². The van der Waals surface area contributed by atoms with Gasteiger partial charge in [-0.1, -0.05) is 13.8 Å². The number of ether oxygens (including phenoxy) is 1. The summed E-state index contributed by atoms with van der Waals surface area (Å²) in [5.41, 5.74) is 5.85. The van der Waals surface area contributed by atoms with Crippen LogP contribution in [0.5, 0.6) is 0 Å². The van der Waals surface area contributed by atoms with Crippen molar-refractivity contribution in [3.05, 3.63) is 0 Å². The van der Waals surface area contributed by atoms with Crippen molar-refractivity contribution in [3.63, 3.8) is 0 Å². The molecule has 0 aromatic heterocycles. The molecule has 1 rings (SSSR count). The van der Waals surface area contributed by atoms with Crippen LogP contribution in [0.1, 0.15) is 26.7 Å². The minimum absolute atomic E-state index is 0.272. The van der Waals surface area contributed by atoms with Crippen LogP contribution < -0.4 is 5.73 Å². The van der Waals surface area contributed by atoms with Crippen molar-refractivity contribution in [2.24, 2.45) is 11.7 Å². The molecule has 1 aliphatic rings. The minimum Gasteiger partial charge on any atom is -0.376 e. The van der Waals surface area contributed by atoms with Crippen LogP contribution in [0.3, 0.4) is 0 Å². The molecule has 0 aliphatic carbocycles. The van der Waals surface area contributed by atoms with E-state index in [4.69, 9.17) is 10.5 Å². The zero-order chi connectivity index (χ0) is 7.56. The molecule has 2 heteroatoms. The first-order valence-electron chi connectivity index (χ1n) is 4.09. The molecule has 0 spiro atoms. The summed E-state index contributed by atoms with van der Waals surface area (Å²) in [6.45, 7) is 5.22. The van der Waals surface area contributed by atoms with E-state index in [2.05, 4.69) is 13.8 Å². The summed E-state index contributed by atoms with van der Waals surface area (Å²) in [4.78, 5) is 0. The third-order valence-electron chi connectivity index (χ3n) is 2.07. The van der Waals surface area contributed by atoms with Crippen molar-refractivity contribution in [2.75, 3.05) is 6.61 Å². The topological polar surface area (TPSA) is 35.2 Å². The third-order valence-corrected chi connectivity index (χ3v) is 2.07. The van der Waals surface area contributed by atoms with Gasteiger partial charge in [0.15, 0.2) is 0 Å². The second-order valence-electron chi connectivity index (χ2n) is 3.39. The fourth-order valence-electron chi connectivity index (χ4n) is 1.51. The van der Waals surface area contributed by atoms with Crippen LogP contribution in [0, 0.1) is 5.92 Å². The van der Waals surface area contributed by atoms with Gasteiger partial charge in [-0.15, -0.1) is 0 Å². The van der Waals surface area contributed by atoms with Crippen LogP contribution in [0.15, 0.2) is 0 Å². The molecular weight excluding hydrogens is 126 g/mol. The molecule has 0 bridgehead atoms. The van der Waals surface area contributed by atoms with Gasteiger partial charge in [-0.3, -0.25) is 0 Å². The molecule has 2 atom stereocenters. The van der Waals surface area contributed by atoms with Crippen LogP contribution in [0.25, 0.3) is 0 Å². The lowest BCUT2D eigenvalue weighted by Crippen LogP contribution is -2.43. The summed E-state index contributed by atoms with van der Waals surface area (Å²) in [5.74, 6) is 0.565. The second-order valence-corrected chi connectivity index (χ2v) is 3.39. The van der Waals surface area contributed by atoms with Crippen molar-refractivity contribution in [2.45, 2.75) is 38.8 Å². The molecule has 1 saturated heterocycles. The lowest BCUT2D eigenvalue weighted by atomic mass is 9.95. The Kier molecular flexibility index (Phi) is 2.69. The van der Waals surface area contributed by atoms with Crippen LogP contribution in [0.4, 0.5) is 0 Å². The van der Waals surface area contributed by atoms with E-state index < -0.39 is 0 Å². The molecule has 10 heavy (non-hydrogen) atoms. The molecule has 1 aliphatic heterocycles. The third kappa shape index (κ3) is 1.70. The lowest BCUT2D eigenvalue weighted by Gasteiger charge is -2.31. The first-order valence-corrected chi connectivity index (χ1v) is 4.09. The van der Waals surface area contributed by atoms with Gasteiger partial charge < -0.3 is 10.5 Å². The normalized spacial score (nSPS) is 34.8. The Bertz CT molecular complexity index is 103. The average molecular weight is 143 g/mol. The van der Waals surface area contributed by atoms with Crippen LogP contribution in [-0.2, 0) is 4.74 Å². The Morgan fingerprint density at radius 3 is 2.60 bits per heavy atom. The monoisotopic (exact) mass is 143 g/mol. The van der Waals surface area contributed by atoms with Crippen molar-refractivity contribution in [3.8, 4) is 0 Å². The molecule has 2 N–H and O–H groups in total. The SMILES string of the molecule is CC(C)[C@@H]1OCCC[C@@H]1N. The minimum atomic E-state index is 0.272. The Morgan fingerprint density at radius 2 is 2.20 bits per heavy atom. The van der Waals surface area contributed by atoms with E-state index in [1.807, 2.05) is 0 Å². The molecular formula is C8H17NO. The van der Waals surface area contributed by atoms with Gasteiger partial charge in [0.1, 0.15) is 0 Å². The van der Waals surface area contributed by atoms with Gasteiger partial charge >= 0.3 is 0 Å². The predicted molar refractivity (Wildman–Crippen MR) is 41.8 cm³/mol. The van der Waals surface area contributed by atoms with Gasteiger partial charge in [0, 0.05) is 12.6 Å². The Morgan fingerprint density at radius 1 is 1.50 bits per heavy atom. The molecule has 60 valence electrons. The fraction of sp³-hybridized carbons (Fsp3) is 1.00. The molecule has 0 saturated carbocycles. The van der Waals surface area contributed by atoms with Gasteiger partial charge in [0.2, 0.25) is 0 Å². The number of hydrogen-bond donors (Lipinski definition) is 1. The Labute approximate surface area is 62.7 Å². The maximum atomic E-state index is 5.85. The highest BCUT2D eigenvalue weighted by molar-refractivity contribution is 4.79. The highest BCUT2D eigenvalue weighted by atomic mass is 16.5. The molecule has 0 unspecified atom stereocenters. The first-order chi connectivity index (χ1) is 4.72. The van der Waals surface area contributed by atoms with Crippen molar-refractivity contribution in [1.82, 2.24) is 0 Å². The maximum Gasteiger partial charge on any atom is 0.0748 e. The number of nitrogens with two attached hydrogens (primary N) is 1. The van der Waals surface area contributed by atoms with Crippen molar-refractivity contribution in [1.29, 1.82) is 0 Å². The summed E-state index contributed by atoms with van der Waals surface area (Å²) in [5, 5.41) is 0. The van der Waals surface area contributed by atoms with Crippen molar-refractivity contribution >= 4 is 0 Å². The number of rotatable bonds is 1. The van der Waals surface area contributed by atoms with Gasteiger partial charge in [-0.2, -0.15) is 0 Å². The fourth-order valence-corrected chi connectivity index (χ4v) is 1.51. The Hall–Kier alpha value is -0.0800. The largest absolute Gasteiger partial charge is 0.376 e. The van der Waals surface area contributed by atoms with Gasteiger partial charge in [0.25, 0.3) is 0 Å². The number of hydrogen-bond acceptors (Lipinski definition) is 2. The van der Waals surface area contributed by atoms with E-state index in [9.17, 15) is 0 Å². The highest BCUT2D eigenvalue weighted by Crippen LogP contribution is 2.18. The summed E-state index contributed by atoms with van der Waals surface area (Å²) in [6, 6.07) is 0.272. The average Bonchev–Trinajstić information content (AvgIpc) is 1.88. The molecule has 0 aromatic carbocycles. The zero-order valence-corrected chi connectivity index (χ0v) is 6.84. The van der Waals surface area contributed by atoms with Crippen LogP contribution in [0.2, 0.25) is 0 Å². The van der Waals surface area contributed by atoms with E-state index >= 15 is 0 Å². The second kappa shape index (κ2) is 3.35.